The Morgan fingerprint density at radius 3 is 2.74 bits per heavy atom. The molecule has 2 aromatic rings. The average Bonchev–Trinajstić information content (AvgIpc) is 2.59. The Labute approximate surface area is 119 Å². The summed E-state index contributed by atoms with van der Waals surface area (Å²) in [5.74, 6) is 0. The molecule has 0 aliphatic heterocycles. The molecule has 0 aliphatic carbocycles. The van der Waals surface area contributed by atoms with Crippen LogP contribution in [0.4, 0.5) is 5.69 Å². The molecule has 0 bridgehead atoms. The van der Waals surface area contributed by atoms with E-state index in [0.29, 0.717) is 3.95 Å². The Bertz CT molecular complexity index is 723. The molecule has 0 saturated heterocycles. The fourth-order valence-corrected chi connectivity index (χ4v) is 2.78. The fraction of sp³-hybridized carbons (Fsp3) is 0.333. The lowest BCUT2D eigenvalue weighted by molar-refractivity contribution is -0.384. The van der Waals surface area contributed by atoms with Gasteiger partial charge in [-0.1, -0.05) is 0 Å². The number of thiazole rings is 1. The Kier molecular flexibility index (Phi) is 3.51. The summed E-state index contributed by atoms with van der Waals surface area (Å²) < 4.78 is 3.20. The van der Waals surface area contributed by atoms with Gasteiger partial charge >= 0.3 is 0 Å². The zero-order valence-corrected chi connectivity index (χ0v) is 12.4. The second-order valence-electron chi connectivity index (χ2n) is 5.06. The first-order chi connectivity index (χ1) is 8.78. The fourth-order valence-electron chi connectivity index (χ4n) is 1.48. The van der Waals surface area contributed by atoms with Crippen LogP contribution in [0.15, 0.2) is 23.2 Å². The highest BCUT2D eigenvalue weighted by Crippen LogP contribution is 2.26. The van der Waals surface area contributed by atoms with Crippen molar-refractivity contribution < 1.29 is 4.92 Å². The molecular weight excluding hydrogens is 282 g/mol. The summed E-state index contributed by atoms with van der Waals surface area (Å²) in [6.45, 7) is 5.98. The topological polar surface area (TPSA) is 60.4 Å². The van der Waals surface area contributed by atoms with Crippen molar-refractivity contribution in [1.29, 1.82) is 0 Å². The van der Waals surface area contributed by atoms with Gasteiger partial charge < -0.3 is 0 Å². The van der Waals surface area contributed by atoms with Crippen LogP contribution in [-0.2, 0) is 0 Å². The molecule has 0 unspecified atom stereocenters. The number of nitro groups is 1. The summed E-state index contributed by atoms with van der Waals surface area (Å²) in [5, 5.41) is 10.7. The van der Waals surface area contributed by atoms with E-state index in [4.69, 9.17) is 12.2 Å². The minimum Gasteiger partial charge on any atom is -0.282 e. The molecule has 0 atom stereocenters. The first kappa shape index (κ1) is 13.8. The average molecular weight is 295 g/mol. The van der Waals surface area contributed by atoms with Gasteiger partial charge in [0.2, 0.25) is 0 Å². The van der Waals surface area contributed by atoms with Crippen LogP contribution in [0.3, 0.4) is 0 Å². The van der Waals surface area contributed by atoms with Crippen molar-refractivity contribution in [1.82, 2.24) is 4.57 Å². The van der Waals surface area contributed by atoms with Crippen molar-refractivity contribution in [3.63, 3.8) is 0 Å². The van der Waals surface area contributed by atoms with Crippen molar-refractivity contribution in [2.75, 3.05) is 0 Å². The van der Waals surface area contributed by atoms with Crippen molar-refractivity contribution in [2.24, 2.45) is 4.99 Å². The maximum absolute atomic E-state index is 10.7. The van der Waals surface area contributed by atoms with Gasteiger partial charge in [0.25, 0.3) is 5.69 Å². The molecule has 1 heterocycles. The maximum Gasteiger partial charge on any atom is 0.270 e. The normalized spacial score (nSPS) is 12.4. The minimum absolute atomic E-state index is 0.0728. The highest BCUT2D eigenvalue weighted by molar-refractivity contribution is 7.73. The van der Waals surface area contributed by atoms with Gasteiger partial charge in [0.15, 0.2) is 3.95 Å². The van der Waals surface area contributed by atoms with E-state index in [9.17, 15) is 10.1 Å². The van der Waals surface area contributed by atoms with Gasteiger partial charge in [-0.15, -0.1) is 11.3 Å². The number of fused-ring (bicyclic) bond motifs is 1. The molecular formula is C12H13N3O2S2. The number of aromatic nitrogens is 1. The smallest absolute Gasteiger partial charge is 0.270 e. The highest BCUT2D eigenvalue weighted by Gasteiger charge is 2.11. The highest BCUT2D eigenvalue weighted by atomic mass is 32.1. The van der Waals surface area contributed by atoms with Gasteiger partial charge in [0, 0.05) is 12.1 Å². The van der Waals surface area contributed by atoms with Gasteiger partial charge in [0.1, 0.15) is 0 Å². The van der Waals surface area contributed by atoms with Crippen molar-refractivity contribution in [2.45, 2.75) is 26.3 Å². The van der Waals surface area contributed by atoms with E-state index < -0.39 is 4.92 Å². The monoisotopic (exact) mass is 295 g/mol. The molecule has 0 saturated carbocycles. The van der Waals surface area contributed by atoms with Gasteiger partial charge in [-0.25, -0.2) is 0 Å². The summed E-state index contributed by atoms with van der Waals surface area (Å²) in [6, 6.07) is 4.72. The summed E-state index contributed by atoms with van der Waals surface area (Å²) >= 11 is 6.61. The standard InChI is InChI=1S/C12H13N3O2S2/c1-12(2,3)13-7-14-9-5-4-8(15(16)17)6-10(9)19-11(14)18/h4-7H,1-3H3. The van der Waals surface area contributed by atoms with Gasteiger partial charge in [-0.2, -0.15) is 0 Å². The molecule has 19 heavy (non-hydrogen) atoms. The summed E-state index contributed by atoms with van der Waals surface area (Å²) in [4.78, 5) is 14.7. The molecule has 2 rings (SSSR count). The third-order valence-electron chi connectivity index (χ3n) is 2.37. The lowest BCUT2D eigenvalue weighted by Gasteiger charge is -2.10. The molecule has 0 fully saturated rings. The first-order valence-electron chi connectivity index (χ1n) is 5.63. The number of rotatable bonds is 2. The number of hydrogen-bond acceptors (Lipinski definition) is 5. The van der Waals surface area contributed by atoms with Gasteiger partial charge in [0.05, 0.1) is 27.0 Å². The zero-order valence-electron chi connectivity index (χ0n) is 10.8. The lowest BCUT2D eigenvalue weighted by Crippen LogP contribution is -2.11. The summed E-state index contributed by atoms with van der Waals surface area (Å²) in [5.41, 5.74) is 0.723. The van der Waals surface area contributed by atoms with Gasteiger partial charge in [-0.05, 0) is 39.1 Å². The molecule has 5 nitrogen and oxygen atoms in total. The SMILES string of the molecule is CC(C)(C)N=Cn1c(=S)sc2cc([N+](=O)[O-])ccc21. The molecule has 0 spiro atoms. The van der Waals surface area contributed by atoms with E-state index in [1.54, 1.807) is 17.0 Å². The number of benzene rings is 1. The zero-order chi connectivity index (χ0) is 14.2. The van der Waals surface area contributed by atoms with Crippen LogP contribution in [0.25, 0.3) is 10.2 Å². The number of nitro benzene ring substituents is 1. The minimum atomic E-state index is -0.407. The predicted molar refractivity (Wildman–Crippen MR) is 80.9 cm³/mol. The summed E-state index contributed by atoms with van der Waals surface area (Å²) in [7, 11) is 0. The molecule has 1 aromatic carbocycles. The summed E-state index contributed by atoms with van der Waals surface area (Å²) in [6.07, 6.45) is 1.69. The molecule has 0 N–H and O–H groups in total. The van der Waals surface area contributed by atoms with Crippen molar-refractivity contribution in [3.8, 4) is 0 Å². The van der Waals surface area contributed by atoms with Crippen LogP contribution in [0.1, 0.15) is 20.8 Å². The van der Waals surface area contributed by atoms with Crippen molar-refractivity contribution >= 4 is 45.8 Å². The Balaban J connectivity index is 2.58. The third-order valence-corrected chi connectivity index (χ3v) is 3.73. The second kappa shape index (κ2) is 4.82. The number of non-ortho nitro benzene ring substituents is 1. The van der Waals surface area contributed by atoms with Crippen LogP contribution in [0.2, 0.25) is 0 Å². The number of hydrogen-bond donors (Lipinski definition) is 0. The van der Waals surface area contributed by atoms with E-state index in [-0.39, 0.29) is 11.2 Å². The Morgan fingerprint density at radius 1 is 1.47 bits per heavy atom. The molecule has 100 valence electrons. The quantitative estimate of drug-likeness (QED) is 0.276. The largest absolute Gasteiger partial charge is 0.282 e. The van der Waals surface area contributed by atoms with E-state index >= 15 is 0 Å². The molecule has 0 amide bonds. The van der Waals surface area contributed by atoms with E-state index in [0.717, 1.165) is 10.2 Å². The molecule has 1 aromatic heterocycles. The Hall–Kier alpha value is -1.60. The number of nitrogens with zero attached hydrogens (tertiary/aromatic N) is 3. The Morgan fingerprint density at radius 2 is 2.16 bits per heavy atom. The van der Waals surface area contributed by atoms with Crippen LogP contribution < -0.4 is 0 Å². The van der Waals surface area contributed by atoms with Crippen LogP contribution >= 0.6 is 23.6 Å². The van der Waals surface area contributed by atoms with Gasteiger partial charge in [-0.3, -0.25) is 19.7 Å². The van der Waals surface area contributed by atoms with E-state index in [2.05, 4.69) is 4.99 Å². The van der Waals surface area contributed by atoms with Crippen LogP contribution in [0.5, 0.6) is 0 Å². The first-order valence-corrected chi connectivity index (χ1v) is 6.85. The van der Waals surface area contributed by atoms with E-state index in [1.165, 1.54) is 23.5 Å². The second-order valence-corrected chi connectivity index (χ2v) is 6.74. The third kappa shape index (κ3) is 3.05. The number of aliphatic imine (C=N–C) groups is 1. The van der Waals surface area contributed by atoms with Crippen LogP contribution in [-0.4, -0.2) is 21.4 Å². The molecule has 0 radical (unpaired) electrons. The molecule has 0 aliphatic rings. The van der Waals surface area contributed by atoms with E-state index in [1.807, 2.05) is 20.8 Å². The molecule has 7 heteroatoms. The maximum atomic E-state index is 10.7. The predicted octanol–water partition coefficient (Wildman–Crippen LogP) is 4.02. The van der Waals surface area contributed by atoms with Crippen LogP contribution in [0, 0.1) is 14.1 Å². The lowest BCUT2D eigenvalue weighted by atomic mass is 10.1. The van der Waals surface area contributed by atoms with Crippen molar-refractivity contribution in [3.05, 3.63) is 32.3 Å².